The van der Waals surface area contributed by atoms with E-state index in [4.69, 9.17) is 5.11 Å². The first kappa shape index (κ1) is 22.6. The fourth-order valence-corrected chi connectivity index (χ4v) is 2.76. The quantitative estimate of drug-likeness (QED) is 0.267. The summed E-state index contributed by atoms with van der Waals surface area (Å²) < 4.78 is 0. The van der Waals surface area contributed by atoms with Gasteiger partial charge in [0.2, 0.25) is 0 Å². The molecule has 3 heteroatoms. The van der Waals surface area contributed by atoms with Crippen LogP contribution in [0, 0.1) is 0 Å². The lowest BCUT2D eigenvalue weighted by atomic mass is 10.0. The van der Waals surface area contributed by atoms with Crippen LogP contribution in [0.25, 0.3) is 0 Å². The Labute approximate surface area is 143 Å². The van der Waals surface area contributed by atoms with Gasteiger partial charge >= 0.3 is 0 Å². The Bertz CT molecular complexity index is 253. The second kappa shape index (κ2) is 18.0. The van der Waals surface area contributed by atoms with Crippen molar-refractivity contribution in [1.82, 2.24) is 0 Å². The van der Waals surface area contributed by atoms with E-state index in [1.54, 1.807) is 12.2 Å². The number of hydrogen-bond acceptors (Lipinski definition) is 3. The molecule has 0 bridgehead atoms. The van der Waals surface area contributed by atoms with Crippen molar-refractivity contribution in [3.63, 3.8) is 0 Å². The SMILES string of the molecule is CCCCCCC[C@H](O)/C=C/[C@@H](O)CCCCCCCCCO. The van der Waals surface area contributed by atoms with Gasteiger partial charge in [-0.05, 0) is 19.3 Å². The van der Waals surface area contributed by atoms with E-state index in [0.717, 1.165) is 44.9 Å². The van der Waals surface area contributed by atoms with E-state index in [2.05, 4.69) is 6.92 Å². The fourth-order valence-electron chi connectivity index (χ4n) is 2.76. The summed E-state index contributed by atoms with van der Waals surface area (Å²) in [6.07, 6.45) is 18.2. The zero-order valence-corrected chi connectivity index (χ0v) is 15.3. The summed E-state index contributed by atoms with van der Waals surface area (Å²) >= 11 is 0. The minimum atomic E-state index is -0.417. The maximum Gasteiger partial charge on any atom is 0.0721 e. The second-order valence-corrected chi connectivity index (χ2v) is 6.71. The lowest BCUT2D eigenvalue weighted by molar-refractivity contribution is 0.192. The van der Waals surface area contributed by atoms with Crippen molar-refractivity contribution in [2.45, 2.75) is 109 Å². The minimum absolute atomic E-state index is 0.309. The van der Waals surface area contributed by atoms with E-state index in [-0.39, 0.29) is 0 Å². The van der Waals surface area contributed by atoms with Gasteiger partial charge in [-0.2, -0.15) is 0 Å². The third-order valence-corrected chi connectivity index (χ3v) is 4.32. The van der Waals surface area contributed by atoms with Crippen LogP contribution >= 0.6 is 0 Å². The Morgan fingerprint density at radius 1 is 0.609 bits per heavy atom. The maximum atomic E-state index is 9.89. The molecule has 0 aromatic heterocycles. The summed E-state index contributed by atoms with van der Waals surface area (Å²) in [4.78, 5) is 0. The first-order valence-electron chi connectivity index (χ1n) is 9.86. The molecule has 0 aliphatic heterocycles. The molecule has 3 N–H and O–H groups in total. The van der Waals surface area contributed by atoms with Crippen molar-refractivity contribution in [2.75, 3.05) is 6.61 Å². The molecule has 0 radical (unpaired) electrons. The van der Waals surface area contributed by atoms with Crippen LogP contribution in [0.15, 0.2) is 12.2 Å². The Morgan fingerprint density at radius 2 is 1.00 bits per heavy atom. The predicted molar refractivity (Wildman–Crippen MR) is 98.6 cm³/mol. The van der Waals surface area contributed by atoms with Crippen LogP contribution in [-0.2, 0) is 0 Å². The molecule has 3 nitrogen and oxygen atoms in total. The van der Waals surface area contributed by atoms with Gasteiger partial charge in [-0.25, -0.2) is 0 Å². The summed E-state index contributed by atoms with van der Waals surface area (Å²) in [5.74, 6) is 0. The van der Waals surface area contributed by atoms with Gasteiger partial charge in [0.05, 0.1) is 12.2 Å². The van der Waals surface area contributed by atoms with Crippen molar-refractivity contribution in [3.8, 4) is 0 Å². The van der Waals surface area contributed by atoms with Crippen molar-refractivity contribution in [3.05, 3.63) is 12.2 Å². The van der Waals surface area contributed by atoms with Crippen LogP contribution in [0.4, 0.5) is 0 Å². The molecule has 0 fully saturated rings. The smallest absolute Gasteiger partial charge is 0.0721 e. The summed E-state index contributed by atoms with van der Waals surface area (Å²) in [6.45, 7) is 2.51. The highest BCUT2D eigenvalue weighted by Gasteiger charge is 2.03. The van der Waals surface area contributed by atoms with Gasteiger partial charge in [0, 0.05) is 6.61 Å². The van der Waals surface area contributed by atoms with Gasteiger partial charge in [0.1, 0.15) is 0 Å². The molecule has 138 valence electrons. The maximum absolute atomic E-state index is 9.89. The number of aliphatic hydroxyl groups is 3. The first-order chi connectivity index (χ1) is 11.2. The molecule has 0 aliphatic carbocycles. The number of rotatable bonds is 17. The molecule has 0 unspecified atom stereocenters. The molecule has 0 saturated carbocycles. The molecule has 0 amide bonds. The summed E-state index contributed by atoms with van der Waals surface area (Å²) in [7, 11) is 0. The third kappa shape index (κ3) is 17.8. The molecule has 0 aromatic carbocycles. The zero-order chi connectivity index (χ0) is 17.2. The predicted octanol–water partition coefficient (Wildman–Crippen LogP) is 4.74. The molecular weight excluding hydrogens is 288 g/mol. The van der Waals surface area contributed by atoms with Gasteiger partial charge < -0.3 is 15.3 Å². The van der Waals surface area contributed by atoms with Crippen LogP contribution in [0.2, 0.25) is 0 Å². The highest BCUT2D eigenvalue weighted by molar-refractivity contribution is 4.93. The average molecular weight is 329 g/mol. The molecule has 0 aromatic rings. The standard InChI is InChI=1S/C20H40O3/c1-2-3-4-8-11-14-19(22)16-17-20(23)15-12-9-6-5-7-10-13-18-21/h16-17,19-23H,2-15,18H2,1H3/b17-16+/t19-,20-/m0/s1. The van der Waals surface area contributed by atoms with Crippen molar-refractivity contribution in [2.24, 2.45) is 0 Å². The Hall–Kier alpha value is -0.380. The molecule has 0 heterocycles. The Morgan fingerprint density at radius 3 is 1.43 bits per heavy atom. The molecule has 2 atom stereocenters. The number of hydrogen-bond donors (Lipinski definition) is 3. The topological polar surface area (TPSA) is 60.7 Å². The number of aliphatic hydroxyl groups excluding tert-OH is 3. The van der Waals surface area contributed by atoms with E-state index in [1.807, 2.05) is 0 Å². The summed E-state index contributed by atoms with van der Waals surface area (Å²) in [5, 5.41) is 28.4. The van der Waals surface area contributed by atoms with Crippen LogP contribution in [0.1, 0.15) is 96.8 Å². The molecule has 0 spiro atoms. The summed E-state index contributed by atoms with van der Waals surface area (Å²) in [6, 6.07) is 0. The van der Waals surface area contributed by atoms with Crippen LogP contribution < -0.4 is 0 Å². The van der Waals surface area contributed by atoms with Crippen molar-refractivity contribution >= 4 is 0 Å². The third-order valence-electron chi connectivity index (χ3n) is 4.32. The fraction of sp³-hybridized carbons (Fsp3) is 0.900. The Balaban J connectivity index is 3.44. The van der Waals surface area contributed by atoms with Crippen LogP contribution in [0.3, 0.4) is 0 Å². The lowest BCUT2D eigenvalue weighted by Gasteiger charge is -2.08. The summed E-state index contributed by atoms with van der Waals surface area (Å²) in [5.41, 5.74) is 0. The highest BCUT2D eigenvalue weighted by Crippen LogP contribution is 2.11. The monoisotopic (exact) mass is 328 g/mol. The lowest BCUT2D eigenvalue weighted by Crippen LogP contribution is -2.06. The Kier molecular flexibility index (Phi) is 17.7. The molecule has 0 aliphatic rings. The molecular formula is C20H40O3. The van der Waals surface area contributed by atoms with E-state index >= 15 is 0 Å². The largest absolute Gasteiger partial charge is 0.396 e. The van der Waals surface area contributed by atoms with E-state index < -0.39 is 12.2 Å². The first-order valence-corrected chi connectivity index (χ1v) is 9.86. The molecule has 0 saturated heterocycles. The molecule has 0 rings (SSSR count). The molecule has 23 heavy (non-hydrogen) atoms. The van der Waals surface area contributed by atoms with E-state index in [0.29, 0.717) is 6.61 Å². The van der Waals surface area contributed by atoms with E-state index in [1.165, 1.54) is 44.9 Å². The number of unbranched alkanes of at least 4 members (excludes halogenated alkanes) is 10. The van der Waals surface area contributed by atoms with Crippen LogP contribution in [-0.4, -0.2) is 34.1 Å². The van der Waals surface area contributed by atoms with Gasteiger partial charge in [-0.15, -0.1) is 0 Å². The highest BCUT2D eigenvalue weighted by atomic mass is 16.3. The van der Waals surface area contributed by atoms with Gasteiger partial charge in [-0.1, -0.05) is 89.7 Å². The van der Waals surface area contributed by atoms with Gasteiger partial charge in [0.25, 0.3) is 0 Å². The van der Waals surface area contributed by atoms with Gasteiger partial charge in [0.15, 0.2) is 0 Å². The zero-order valence-electron chi connectivity index (χ0n) is 15.3. The second-order valence-electron chi connectivity index (χ2n) is 6.71. The van der Waals surface area contributed by atoms with E-state index in [9.17, 15) is 10.2 Å². The normalized spacial score (nSPS) is 14.4. The average Bonchev–Trinajstić information content (AvgIpc) is 2.55. The van der Waals surface area contributed by atoms with Crippen molar-refractivity contribution in [1.29, 1.82) is 0 Å². The van der Waals surface area contributed by atoms with Gasteiger partial charge in [-0.3, -0.25) is 0 Å². The minimum Gasteiger partial charge on any atom is -0.396 e. The van der Waals surface area contributed by atoms with Crippen LogP contribution in [0.5, 0.6) is 0 Å². The van der Waals surface area contributed by atoms with Crippen molar-refractivity contribution < 1.29 is 15.3 Å².